The van der Waals surface area contributed by atoms with Crippen LogP contribution in [-0.4, -0.2) is 29.8 Å². The van der Waals surface area contributed by atoms with Gasteiger partial charge in [-0.05, 0) is 45.2 Å². The van der Waals surface area contributed by atoms with E-state index >= 15 is 0 Å². The lowest BCUT2D eigenvalue weighted by molar-refractivity contribution is 0.145. The third-order valence-electron chi connectivity index (χ3n) is 3.61. The fourth-order valence-electron chi connectivity index (χ4n) is 2.44. The van der Waals surface area contributed by atoms with Crippen molar-refractivity contribution in [2.24, 2.45) is 0 Å². The number of anilines is 1. The summed E-state index contributed by atoms with van der Waals surface area (Å²) in [6.07, 6.45) is 1.64. The van der Waals surface area contributed by atoms with Gasteiger partial charge in [-0.2, -0.15) is 0 Å². The van der Waals surface area contributed by atoms with Crippen LogP contribution in [0, 0.1) is 0 Å². The number of nitrogens with one attached hydrogen (secondary N) is 1. The zero-order chi connectivity index (χ0) is 13.9. The van der Waals surface area contributed by atoms with E-state index in [1.54, 1.807) is 0 Å². The van der Waals surface area contributed by atoms with Gasteiger partial charge in [0.1, 0.15) is 0 Å². The van der Waals surface area contributed by atoms with Crippen molar-refractivity contribution in [1.82, 2.24) is 5.32 Å². The van der Waals surface area contributed by atoms with Crippen molar-refractivity contribution in [1.29, 1.82) is 0 Å². The first-order valence-corrected chi connectivity index (χ1v) is 7.22. The van der Waals surface area contributed by atoms with E-state index in [1.807, 2.05) is 0 Å². The van der Waals surface area contributed by atoms with Crippen LogP contribution in [0.4, 0.5) is 5.69 Å². The molecule has 0 amide bonds. The van der Waals surface area contributed by atoms with Crippen molar-refractivity contribution in [2.45, 2.75) is 51.8 Å². The lowest BCUT2D eigenvalue weighted by Crippen LogP contribution is -2.38. The van der Waals surface area contributed by atoms with Crippen LogP contribution in [0.3, 0.4) is 0 Å². The van der Waals surface area contributed by atoms with Gasteiger partial charge in [-0.25, -0.2) is 0 Å². The van der Waals surface area contributed by atoms with Gasteiger partial charge in [-0.1, -0.05) is 18.2 Å². The Morgan fingerprint density at radius 1 is 1.21 bits per heavy atom. The van der Waals surface area contributed by atoms with E-state index in [-0.39, 0.29) is 11.6 Å². The number of nitrogens with zero attached hydrogens (tertiary/aromatic N) is 1. The molecule has 1 fully saturated rings. The number of aliphatic hydroxyl groups excluding tert-OH is 1. The molecule has 1 heterocycles. The standard InChI is InChI=1S/C16H26N2O/c1-16(2,3)17-12-13-6-4-5-7-15(13)18-10-8-14(19)9-11-18/h4-7,14,17,19H,8-12H2,1-3H3. The predicted molar refractivity (Wildman–Crippen MR) is 80.5 cm³/mol. The third-order valence-corrected chi connectivity index (χ3v) is 3.61. The first kappa shape index (κ1) is 14.4. The van der Waals surface area contributed by atoms with Crippen LogP contribution in [0.2, 0.25) is 0 Å². The number of piperidine rings is 1. The van der Waals surface area contributed by atoms with Gasteiger partial charge >= 0.3 is 0 Å². The second-order valence-electron chi connectivity index (χ2n) is 6.45. The highest BCUT2D eigenvalue weighted by Crippen LogP contribution is 2.24. The number of aliphatic hydroxyl groups is 1. The van der Waals surface area contributed by atoms with Crippen molar-refractivity contribution >= 4 is 5.69 Å². The smallest absolute Gasteiger partial charge is 0.0574 e. The Hall–Kier alpha value is -1.06. The summed E-state index contributed by atoms with van der Waals surface area (Å²) in [5.41, 5.74) is 2.78. The molecule has 1 aromatic rings. The van der Waals surface area contributed by atoms with E-state index in [0.29, 0.717) is 0 Å². The Morgan fingerprint density at radius 2 is 1.84 bits per heavy atom. The molecule has 0 unspecified atom stereocenters. The molecule has 2 N–H and O–H groups in total. The monoisotopic (exact) mass is 262 g/mol. The lowest BCUT2D eigenvalue weighted by atomic mass is 10.0. The van der Waals surface area contributed by atoms with Gasteiger partial charge in [-0.3, -0.25) is 0 Å². The molecule has 1 aliphatic heterocycles. The molecule has 0 radical (unpaired) electrons. The maximum Gasteiger partial charge on any atom is 0.0574 e. The first-order valence-electron chi connectivity index (χ1n) is 7.22. The minimum atomic E-state index is -0.115. The van der Waals surface area contributed by atoms with Crippen LogP contribution < -0.4 is 10.2 Å². The molecule has 0 spiro atoms. The Kier molecular flexibility index (Phi) is 4.48. The molecule has 19 heavy (non-hydrogen) atoms. The highest BCUT2D eigenvalue weighted by molar-refractivity contribution is 5.54. The molecule has 0 bridgehead atoms. The summed E-state index contributed by atoms with van der Waals surface area (Å²) in [4.78, 5) is 2.40. The van der Waals surface area contributed by atoms with E-state index in [1.165, 1.54) is 11.3 Å². The van der Waals surface area contributed by atoms with Gasteiger partial charge in [0.05, 0.1) is 6.10 Å². The summed E-state index contributed by atoms with van der Waals surface area (Å²) in [7, 11) is 0. The normalized spacial score (nSPS) is 17.8. The zero-order valence-electron chi connectivity index (χ0n) is 12.3. The van der Waals surface area contributed by atoms with E-state index in [4.69, 9.17) is 0 Å². The average Bonchev–Trinajstić information content (AvgIpc) is 2.37. The fraction of sp³-hybridized carbons (Fsp3) is 0.625. The van der Waals surface area contributed by atoms with Crippen LogP contribution in [0.15, 0.2) is 24.3 Å². The average molecular weight is 262 g/mol. The van der Waals surface area contributed by atoms with Crippen LogP contribution in [0.25, 0.3) is 0 Å². The maximum absolute atomic E-state index is 9.61. The molecule has 106 valence electrons. The SMILES string of the molecule is CC(C)(C)NCc1ccccc1N1CCC(O)CC1. The molecule has 1 aliphatic rings. The summed E-state index contributed by atoms with van der Waals surface area (Å²) < 4.78 is 0. The van der Waals surface area contributed by atoms with Gasteiger partial charge in [0, 0.05) is 30.9 Å². The second-order valence-corrected chi connectivity index (χ2v) is 6.45. The molecule has 1 aromatic carbocycles. The van der Waals surface area contributed by atoms with Crippen LogP contribution >= 0.6 is 0 Å². The number of rotatable bonds is 3. The van der Waals surface area contributed by atoms with Crippen LogP contribution in [-0.2, 0) is 6.54 Å². The van der Waals surface area contributed by atoms with Crippen molar-refractivity contribution in [3.63, 3.8) is 0 Å². The Labute approximate surface area is 116 Å². The minimum Gasteiger partial charge on any atom is -0.393 e. The topological polar surface area (TPSA) is 35.5 Å². The van der Waals surface area contributed by atoms with E-state index in [9.17, 15) is 5.11 Å². The summed E-state index contributed by atoms with van der Waals surface area (Å²) in [6.45, 7) is 9.35. The van der Waals surface area contributed by atoms with Crippen molar-refractivity contribution in [3.8, 4) is 0 Å². The quantitative estimate of drug-likeness (QED) is 0.878. The third kappa shape index (κ3) is 4.22. The lowest BCUT2D eigenvalue weighted by Gasteiger charge is -2.33. The molecule has 0 atom stereocenters. The molecule has 3 heteroatoms. The number of para-hydroxylation sites is 1. The largest absolute Gasteiger partial charge is 0.393 e. The van der Waals surface area contributed by atoms with Crippen LogP contribution in [0.1, 0.15) is 39.2 Å². The highest BCUT2D eigenvalue weighted by atomic mass is 16.3. The zero-order valence-corrected chi connectivity index (χ0v) is 12.3. The molecular formula is C16H26N2O. The van der Waals surface area contributed by atoms with Gasteiger partial charge in [0.2, 0.25) is 0 Å². The Bertz CT molecular complexity index is 403. The number of hydrogen-bond acceptors (Lipinski definition) is 3. The molecule has 0 aliphatic carbocycles. The molecule has 2 rings (SSSR count). The Morgan fingerprint density at radius 3 is 2.47 bits per heavy atom. The molecule has 3 nitrogen and oxygen atoms in total. The fourth-order valence-corrected chi connectivity index (χ4v) is 2.44. The van der Waals surface area contributed by atoms with Gasteiger partial charge < -0.3 is 15.3 Å². The summed E-state index contributed by atoms with van der Waals surface area (Å²) in [5, 5.41) is 13.2. The maximum atomic E-state index is 9.61. The molecule has 0 saturated carbocycles. The van der Waals surface area contributed by atoms with Gasteiger partial charge in [0.25, 0.3) is 0 Å². The van der Waals surface area contributed by atoms with Gasteiger partial charge in [0.15, 0.2) is 0 Å². The van der Waals surface area contributed by atoms with Gasteiger partial charge in [-0.15, -0.1) is 0 Å². The minimum absolute atomic E-state index is 0.115. The number of benzene rings is 1. The Balaban J connectivity index is 2.08. The van der Waals surface area contributed by atoms with Crippen molar-refractivity contribution in [3.05, 3.63) is 29.8 Å². The number of hydrogen-bond donors (Lipinski definition) is 2. The van der Waals surface area contributed by atoms with E-state index in [0.717, 1.165) is 32.5 Å². The molecule has 1 saturated heterocycles. The van der Waals surface area contributed by atoms with E-state index in [2.05, 4.69) is 55.3 Å². The highest BCUT2D eigenvalue weighted by Gasteiger charge is 2.19. The van der Waals surface area contributed by atoms with E-state index < -0.39 is 0 Å². The summed E-state index contributed by atoms with van der Waals surface area (Å²) >= 11 is 0. The molecular weight excluding hydrogens is 236 g/mol. The van der Waals surface area contributed by atoms with Crippen molar-refractivity contribution < 1.29 is 5.11 Å². The van der Waals surface area contributed by atoms with Crippen molar-refractivity contribution in [2.75, 3.05) is 18.0 Å². The molecule has 0 aromatic heterocycles. The summed E-state index contributed by atoms with van der Waals surface area (Å²) in [5.74, 6) is 0. The predicted octanol–water partition coefficient (Wildman–Crippen LogP) is 2.54. The van der Waals surface area contributed by atoms with Crippen LogP contribution in [0.5, 0.6) is 0 Å². The first-order chi connectivity index (χ1) is 8.96. The second kappa shape index (κ2) is 5.93. The summed E-state index contributed by atoms with van der Waals surface area (Å²) in [6, 6.07) is 8.58.